The Hall–Kier alpha value is -4.57. The summed E-state index contributed by atoms with van der Waals surface area (Å²) in [5, 5.41) is 12.4. The number of amides is 2. The lowest BCUT2D eigenvalue weighted by molar-refractivity contribution is -0.146. The van der Waals surface area contributed by atoms with Gasteiger partial charge in [-0.1, -0.05) is 89.8 Å². The zero-order valence-electron chi connectivity index (χ0n) is 30.2. The monoisotopic (exact) mass is 710 g/mol. The van der Waals surface area contributed by atoms with Gasteiger partial charge in [0.15, 0.2) is 5.82 Å². The molecule has 0 unspecified atom stereocenters. The Balaban J connectivity index is 1.23. The van der Waals surface area contributed by atoms with Crippen molar-refractivity contribution in [3.05, 3.63) is 88.4 Å². The second kappa shape index (κ2) is 17.6. The molecule has 10 heteroatoms. The number of carboxylic acids is 1. The molecule has 0 spiro atoms. The molecule has 1 saturated heterocycles. The van der Waals surface area contributed by atoms with Crippen molar-refractivity contribution in [2.75, 3.05) is 19.7 Å². The SMILES string of the molecule is CCCCCCCOc1ccc(-c2cnc(-c3ccc(C[C@H](NC(=O)c4ccc(C(C)(C)C)s4)C(=O)N4CCC(C(=O)O)CC4)cc3)nc2)cc1. The van der Waals surface area contributed by atoms with Crippen molar-refractivity contribution in [2.45, 2.75) is 90.5 Å². The quantitative estimate of drug-likeness (QED) is 0.119. The van der Waals surface area contributed by atoms with E-state index in [0.29, 0.717) is 43.1 Å². The number of carboxylic acid groups (broad SMARTS) is 1. The number of nitrogens with one attached hydrogen (secondary N) is 1. The van der Waals surface area contributed by atoms with Gasteiger partial charge >= 0.3 is 5.97 Å². The summed E-state index contributed by atoms with van der Waals surface area (Å²) in [7, 11) is 0. The summed E-state index contributed by atoms with van der Waals surface area (Å²) in [5.74, 6) is -0.338. The minimum atomic E-state index is -0.833. The van der Waals surface area contributed by atoms with Crippen LogP contribution in [0.4, 0.5) is 0 Å². The standard InChI is InChI=1S/C41H50N4O5S/c1-5-6-7-8-9-24-50-33-16-14-29(15-17-33)32-26-42-37(43-27-32)30-12-10-28(11-13-30)25-34(39(47)45-22-20-31(21-23-45)40(48)49)44-38(46)35-18-19-36(51-35)41(2,3)4/h10-19,26-27,31,34H,5-9,20-25H2,1-4H3,(H,44,46)(H,48,49)/t34-/m0/s1. The van der Waals surface area contributed by atoms with Gasteiger partial charge in [0.25, 0.3) is 5.91 Å². The largest absolute Gasteiger partial charge is 0.494 e. The Morgan fingerprint density at radius 3 is 2.14 bits per heavy atom. The summed E-state index contributed by atoms with van der Waals surface area (Å²) in [6.07, 6.45) is 10.7. The van der Waals surface area contributed by atoms with Crippen LogP contribution in [0.2, 0.25) is 0 Å². The number of carbonyl (C=O) groups is 3. The van der Waals surface area contributed by atoms with Crippen LogP contribution in [-0.2, 0) is 21.4 Å². The number of rotatable bonds is 15. The zero-order chi connectivity index (χ0) is 36.4. The number of benzene rings is 2. The number of piperidine rings is 1. The third kappa shape index (κ3) is 10.5. The molecule has 0 aliphatic carbocycles. The van der Waals surface area contributed by atoms with Crippen molar-refractivity contribution in [3.8, 4) is 28.3 Å². The number of hydrogen-bond acceptors (Lipinski definition) is 7. The summed E-state index contributed by atoms with van der Waals surface area (Å²) >= 11 is 1.43. The summed E-state index contributed by atoms with van der Waals surface area (Å²) in [6.45, 7) is 9.94. The molecule has 2 aromatic heterocycles. The molecule has 1 aliphatic rings. The molecule has 2 aromatic carbocycles. The molecule has 1 aliphatic heterocycles. The highest BCUT2D eigenvalue weighted by Crippen LogP contribution is 2.30. The van der Waals surface area contributed by atoms with E-state index in [1.54, 1.807) is 11.0 Å². The second-order valence-electron chi connectivity index (χ2n) is 14.4. The number of unbranched alkanes of at least 4 members (excludes halogenated alkanes) is 4. The maximum absolute atomic E-state index is 13.8. The first-order valence-electron chi connectivity index (χ1n) is 18.1. The molecule has 1 atom stereocenters. The van der Waals surface area contributed by atoms with Gasteiger partial charge in [-0.05, 0) is 60.1 Å². The predicted molar refractivity (Wildman–Crippen MR) is 202 cm³/mol. The third-order valence-electron chi connectivity index (χ3n) is 9.34. The van der Waals surface area contributed by atoms with E-state index in [9.17, 15) is 19.5 Å². The van der Waals surface area contributed by atoms with Gasteiger partial charge in [0.1, 0.15) is 11.8 Å². The number of aliphatic carboxylic acids is 1. The second-order valence-corrected chi connectivity index (χ2v) is 15.4. The van der Waals surface area contributed by atoms with Gasteiger partial charge in [-0.2, -0.15) is 0 Å². The van der Waals surface area contributed by atoms with E-state index in [1.165, 1.54) is 37.0 Å². The maximum atomic E-state index is 13.8. The molecular weight excluding hydrogens is 661 g/mol. The van der Waals surface area contributed by atoms with E-state index < -0.39 is 17.9 Å². The Morgan fingerprint density at radius 1 is 0.882 bits per heavy atom. The highest BCUT2D eigenvalue weighted by atomic mass is 32.1. The molecule has 2 N–H and O–H groups in total. The van der Waals surface area contributed by atoms with Gasteiger partial charge < -0.3 is 20.1 Å². The van der Waals surface area contributed by atoms with Crippen molar-refractivity contribution in [3.63, 3.8) is 0 Å². The Bertz CT molecular complexity index is 1740. The molecule has 0 saturated carbocycles. The van der Waals surface area contributed by atoms with E-state index in [1.807, 2.05) is 67.0 Å². The summed E-state index contributed by atoms with van der Waals surface area (Å²) in [5.41, 5.74) is 3.54. The number of hydrogen-bond donors (Lipinski definition) is 2. The molecule has 51 heavy (non-hydrogen) atoms. The van der Waals surface area contributed by atoms with Crippen LogP contribution < -0.4 is 10.1 Å². The van der Waals surface area contributed by atoms with Crippen LogP contribution in [0.3, 0.4) is 0 Å². The topological polar surface area (TPSA) is 122 Å². The number of thiophene rings is 1. The highest BCUT2D eigenvalue weighted by molar-refractivity contribution is 7.14. The van der Waals surface area contributed by atoms with Crippen LogP contribution in [0.15, 0.2) is 73.1 Å². The van der Waals surface area contributed by atoms with Gasteiger partial charge in [0.05, 0.1) is 17.4 Å². The van der Waals surface area contributed by atoms with E-state index in [4.69, 9.17) is 4.74 Å². The van der Waals surface area contributed by atoms with E-state index in [-0.39, 0.29) is 17.2 Å². The lowest BCUT2D eigenvalue weighted by atomic mass is 9.95. The van der Waals surface area contributed by atoms with Crippen LogP contribution in [0, 0.1) is 5.92 Å². The summed E-state index contributed by atoms with van der Waals surface area (Å²) in [4.78, 5) is 51.3. The molecule has 270 valence electrons. The third-order valence-corrected chi connectivity index (χ3v) is 10.8. The van der Waals surface area contributed by atoms with Crippen LogP contribution in [0.5, 0.6) is 5.75 Å². The summed E-state index contributed by atoms with van der Waals surface area (Å²) < 4.78 is 5.90. The number of carbonyl (C=O) groups excluding carboxylic acids is 2. The summed E-state index contributed by atoms with van der Waals surface area (Å²) in [6, 6.07) is 18.7. The molecule has 0 radical (unpaired) electrons. The Labute approximate surface area is 305 Å². The molecule has 5 rings (SSSR count). The first-order chi connectivity index (χ1) is 24.5. The lowest BCUT2D eigenvalue weighted by Gasteiger charge is -2.33. The number of aromatic nitrogens is 2. The molecule has 9 nitrogen and oxygen atoms in total. The first-order valence-corrected chi connectivity index (χ1v) is 18.9. The van der Waals surface area contributed by atoms with Gasteiger partial charge in [0, 0.05) is 47.9 Å². The molecule has 3 heterocycles. The fourth-order valence-electron chi connectivity index (χ4n) is 6.15. The van der Waals surface area contributed by atoms with Crippen LogP contribution >= 0.6 is 11.3 Å². The first kappa shape index (κ1) is 37.7. The lowest BCUT2D eigenvalue weighted by Crippen LogP contribution is -2.52. The van der Waals surface area contributed by atoms with Crippen LogP contribution in [-0.4, -0.2) is 63.5 Å². The normalized spacial score (nSPS) is 14.2. The molecular formula is C41H50N4O5S. The van der Waals surface area contributed by atoms with Gasteiger partial charge in [-0.25, -0.2) is 9.97 Å². The number of nitrogens with zero attached hydrogens (tertiary/aromatic N) is 3. The average Bonchev–Trinajstić information content (AvgIpc) is 3.65. The smallest absolute Gasteiger partial charge is 0.306 e. The zero-order valence-corrected chi connectivity index (χ0v) is 31.0. The predicted octanol–water partition coefficient (Wildman–Crippen LogP) is 8.18. The number of ether oxygens (including phenoxy) is 1. The van der Waals surface area contributed by atoms with Crippen LogP contribution in [0.25, 0.3) is 22.5 Å². The van der Waals surface area contributed by atoms with Gasteiger partial charge in [-0.15, -0.1) is 11.3 Å². The molecule has 1 fully saturated rings. The van der Waals surface area contributed by atoms with Crippen molar-refractivity contribution < 1.29 is 24.2 Å². The average molecular weight is 711 g/mol. The molecule has 4 aromatic rings. The van der Waals surface area contributed by atoms with Crippen molar-refractivity contribution in [2.24, 2.45) is 5.92 Å². The van der Waals surface area contributed by atoms with Gasteiger partial charge in [0.2, 0.25) is 5.91 Å². The van der Waals surface area contributed by atoms with E-state index >= 15 is 0 Å². The fraction of sp³-hybridized carbons (Fsp3) is 0.439. The fourth-order valence-corrected chi connectivity index (χ4v) is 7.12. The van der Waals surface area contributed by atoms with Gasteiger partial charge in [-0.3, -0.25) is 14.4 Å². The van der Waals surface area contributed by atoms with Crippen molar-refractivity contribution >= 4 is 29.1 Å². The van der Waals surface area contributed by atoms with Crippen molar-refractivity contribution in [1.82, 2.24) is 20.2 Å². The Morgan fingerprint density at radius 2 is 1.53 bits per heavy atom. The number of likely N-dealkylation sites (tertiary alicyclic amines) is 1. The van der Waals surface area contributed by atoms with Crippen molar-refractivity contribution in [1.29, 1.82) is 0 Å². The molecule has 0 bridgehead atoms. The van der Waals surface area contributed by atoms with E-state index in [2.05, 4.69) is 43.0 Å². The molecule has 2 amide bonds. The minimum absolute atomic E-state index is 0.0909. The maximum Gasteiger partial charge on any atom is 0.306 e. The Kier molecular flexibility index (Phi) is 13.0. The minimum Gasteiger partial charge on any atom is -0.494 e. The highest BCUT2D eigenvalue weighted by Gasteiger charge is 2.32. The van der Waals surface area contributed by atoms with Crippen LogP contribution in [0.1, 0.15) is 92.8 Å². The van der Waals surface area contributed by atoms with E-state index in [0.717, 1.165) is 45.9 Å².